The second-order valence-corrected chi connectivity index (χ2v) is 2.87. The second kappa shape index (κ2) is 3.75. The zero-order chi connectivity index (χ0) is 8.27. The third kappa shape index (κ3) is 2.21. The van der Waals surface area contributed by atoms with Gasteiger partial charge in [-0.3, -0.25) is 0 Å². The van der Waals surface area contributed by atoms with Crippen molar-refractivity contribution in [3.63, 3.8) is 0 Å². The van der Waals surface area contributed by atoms with Crippen LogP contribution in [0.3, 0.4) is 0 Å². The summed E-state index contributed by atoms with van der Waals surface area (Å²) < 4.78 is 0. The van der Waals surface area contributed by atoms with Crippen LogP contribution in [0.1, 0.15) is 0 Å². The average molecular weight is 191 g/mol. The number of hydrazine groups is 1. The standard InChI is InChI=1S/C5H7ClN4S/c1-11-4-2-3(10-7)8-5(6)9-4/h2H,7H2,1H3,(H,8,9,10). The molecule has 0 atom stereocenters. The minimum absolute atomic E-state index is 0.199. The zero-order valence-corrected chi connectivity index (χ0v) is 7.41. The highest BCUT2D eigenvalue weighted by molar-refractivity contribution is 7.98. The quantitative estimate of drug-likeness (QED) is 0.241. The van der Waals surface area contributed by atoms with Crippen LogP contribution in [0.15, 0.2) is 11.1 Å². The van der Waals surface area contributed by atoms with Crippen molar-refractivity contribution in [1.82, 2.24) is 9.97 Å². The predicted octanol–water partition coefficient (Wildman–Crippen LogP) is 1.14. The van der Waals surface area contributed by atoms with Gasteiger partial charge in [-0.1, -0.05) is 0 Å². The highest BCUT2D eigenvalue weighted by atomic mass is 35.5. The molecule has 6 heteroatoms. The first-order valence-electron chi connectivity index (χ1n) is 2.81. The van der Waals surface area contributed by atoms with Gasteiger partial charge in [-0.15, -0.1) is 11.8 Å². The van der Waals surface area contributed by atoms with E-state index in [2.05, 4.69) is 15.4 Å². The second-order valence-electron chi connectivity index (χ2n) is 1.71. The van der Waals surface area contributed by atoms with Crippen LogP contribution in [0, 0.1) is 0 Å². The summed E-state index contributed by atoms with van der Waals surface area (Å²) in [4.78, 5) is 7.73. The van der Waals surface area contributed by atoms with Crippen molar-refractivity contribution in [3.8, 4) is 0 Å². The maximum absolute atomic E-state index is 5.58. The lowest BCUT2D eigenvalue weighted by Crippen LogP contribution is -2.09. The van der Waals surface area contributed by atoms with Gasteiger partial charge in [0, 0.05) is 6.07 Å². The predicted molar refractivity (Wildman–Crippen MR) is 46.6 cm³/mol. The van der Waals surface area contributed by atoms with E-state index in [1.165, 1.54) is 11.8 Å². The number of nitrogens with one attached hydrogen (secondary N) is 1. The first kappa shape index (κ1) is 8.58. The van der Waals surface area contributed by atoms with Gasteiger partial charge in [-0.2, -0.15) is 4.98 Å². The number of thioether (sulfide) groups is 1. The molecule has 0 saturated heterocycles. The molecule has 3 N–H and O–H groups in total. The van der Waals surface area contributed by atoms with Crippen molar-refractivity contribution in [2.24, 2.45) is 5.84 Å². The number of hydrogen-bond acceptors (Lipinski definition) is 5. The number of nitrogen functional groups attached to an aromatic ring is 1. The Morgan fingerprint density at radius 1 is 1.64 bits per heavy atom. The molecule has 1 aromatic rings. The van der Waals surface area contributed by atoms with Crippen LogP contribution < -0.4 is 11.3 Å². The number of anilines is 1. The average Bonchev–Trinajstić information content (AvgIpc) is 2.03. The van der Waals surface area contributed by atoms with Crippen molar-refractivity contribution in [2.75, 3.05) is 11.7 Å². The summed E-state index contributed by atoms with van der Waals surface area (Å²) in [7, 11) is 0. The lowest BCUT2D eigenvalue weighted by molar-refractivity contribution is 1.04. The van der Waals surface area contributed by atoms with Crippen LogP contribution in [0.25, 0.3) is 0 Å². The van der Waals surface area contributed by atoms with Gasteiger partial charge in [-0.05, 0) is 17.9 Å². The molecule has 4 nitrogen and oxygen atoms in total. The Morgan fingerprint density at radius 2 is 2.36 bits per heavy atom. The third-order valence-electron chi connectivity index (χ3n) is 1.03. The van der Waals surface area contributed by atoms with Crippen molar-refractivity contribution in [3.05, 3.63) is 11.3 Å². The Kier molecular flexibility index (Phi) is 2.92. The molecule has 0 aliphatic heterocycles. The smallest absolute Gasteiger partial charge is 0.225 e. The first-order valence-corrected chi connectivity index (χ1v) is 4.41. The highest BCUT2D eigenvalue weighted by Gasteiger charge is 1.99. The Morgan fingerprint density at radius 3 is 2.91 bits per heavy atom. The SMILES string of the molecule is CSc1cc(NN)nc(Cl)n1. The van der Waals surface area contributed by atoms with E-state index in [0.29, 0.717) is 5.82 Å². The molecule has 0 bridgehead atoms. The van der Waals surface area contributed by atoms with Crippen LogP contribution in [0.4, 0.5) is 5.82 Å². The largest absolute Gasteiger partial charge is 0.308 e. The van der Waals surface area contributed by atoms with E-state index in [4.69, 9.17) is 17.4 Å². The molecule has 0 fully saturated rings. The van der Waals surface area contributed by atoms with E-state index in [1.807, 2.05) is 6.26 Å². The summed E-state index contributed by atoms with van der Waals surface area (Å²) in [5, 5.41) is 0.989. The normalized spacial score (nSPS) is 9.73. The molecule has 1 rings (SSSR count). The van der Waals surface area contributed by atoms with Crippen molar-refractivity contribution in [1.29, 1.82) is 0 Å². The number of aromatic nitrogens is 2. The van der Waals surface area contributed by atoms with Crippen LogP contribution >= 0.6 is 23.4 Å². The summed E-state index contributed by atoms with van der Waals surface area (Å²) in [5.74, 6) is 5.66. The molecule has 0 aliphatic rings. The van der Waals surface area contributed by atoms with Gasteiger partial charge >= 0.3 is 0 Å². The van der Waals surface area contributed by atoms with Gasteiger partial charge in [0.15, 0.2) is 0 Å². The van der Waals surface area contributed by atoms with E-state index in [1.54, 1.807) is 6.07 Å². The zero-order valence-electron chi connectivity index (χ0n) is 5.84. The molecule has 0 saturated carbocycles. The molecule has 0 aliphatic carbocycles. The number of hydrogen-bond donors (Lipinski definition) is 2. The summed E-state index contributed by atoms with van der Waals surface area (Å²) in [6.45, 7) is 0. The number of nitrogens with zero attached hydrogens (tertiary/aromatic N) is 2. The Bertz CT molecular complexity index is 232. The van der Waals surface area contributed by atoms with Gasteiger partial charge in [0.2, 0.25) is 5.28 Å². The first-order chi connectivity index (χ1) is 5.26. The van der Waals surface area contributed by atoms with Crippen molar-refractivity contribution < 1.29 is 0 Å². The van der Waals surface area contributed by atoms with E-state index in [-0.39, 0.29) is 5.28 Å². The fraction of sp³-hybridized carbons (Fsp3) is 0.200. The Balaban J connectivity index is 3.02. The molecule has 60 valence electrons. The van der Waals surface area contributed by atoms with Gasteiger partial charge in [-0.25, -0.2) is 10.8 Å². The fourth-order valence-electron chi connectivity index (χ4n) is 0.575. The number of nitrogens with two attached hydrogens (primary N) is 1. The van der Waals surface area contributed by atoms with Crippen molar-refractivity contribution in [2.45, 2.75) is 5.03 Å². The fourth-order valence-corrected chi connectivity index (χ4v) is 1.21. The molecule has 0 aromatic carbocycles. The summed E-state index contributed by atoms with van der Waals surface area (Å²) in [6.07, 6.45) is 1.90. The van der Waals surface area contributed by atoms with Crippen LogP contribution in [0.5, 0.6) is 0 Å². The third-order valence-corrected chi connectivity index (χ3v) is 1.83. The minimum Gasteiger partial charge on any atom is -0.308 e. The molecular formula is C5H7ClN4S. The lowest BCUT2D eigenvalue weighted by atomic mass is 10.6. The minimum atomic E-state index is 0.199. The van der Waals surface area contributed by atoms with Gasteiger partial charge in [0.1, 0.15) is 10.8 Å². The summed E-state index contributed by atoms with van der Waals surface area (Å²) in [5.41, 5.74) is 2.39. The van der Waals surface area contributed by atoms with Crippen molar-refractivity contribution >= 4 is 29.2 Å². The number of halogens is 1. The Labute approximate surface area is 73.5 Å². The monoisotopic (exact) mass is 190 g/mol. The van der Waals surface area contributed by atoms with Gasteiger partial charge in [0.25, 0.3) is 0 Å². The van der Waals surface area contributed by atoms with Gasteiger partial charge < -0.3 is 5.43 Å². The van der Waals surface area contributed by atoms with E-state index < -0.39 is 0 Å². The maximum Gasteiger partial charge on any atom is 0.225 e. The van der Waals surface area contributed by atoms with E-state index in [0.717, 1.165) is 5.03 Å². The van der Waals surface area contributed by atoms with E-state index in [9.17, 15) is 0 Å². The maximum atomic E-state index is 5.58. The molecule has 11 heavy (non-hydrogen) atoms. The van der Waals surface area contributed by atoms with Crippen LogP contribution in [-0.4, -0.2) is 16.2 Å². The van der Waals surface area contributed by atoms with Crippen LogP contribution in [-0.2, 0) is 0 Å². The molecule has 0 spiro atoms. The molecule has 1 aromatic heterocycles. The molecule has 0 unspecified atom stereocenters. The summed E-state index contributed by atoms with van der Waals surface area (Å²) >= 11 is 7.06. The lowest BCUT2D eigenvalue weighted by Gasteiger charge is -2.00. The molecular weight excluding hydrogens is 184 g/mol. The summed E-state index contributed by atoms with van der Waals surface area (Å²) in [6, 6.07) is 1.72. The highest BCUT2D eigenvalue weighted by Crippen LogP contribution is 2.16. The molecule has 1 heterocycles. The molecule has 0 amide bonds. The topological polar surface area (TPSA) is 63.8 Å². The van der Waals surface area contributed by atoms with Gasteiger partial charge in [0.05, 0.1) is 0 Å². The van der Waals surface area contributed by atoms with Crippen LogP contribution in [0.2, 0.25) is 5.28 Å². The Hall–Kier alpha value is -0.520. The molecule has 0 radical (unpaired) electrons. The van der Waals surface area contributed by atoms with E-state index >= 15 is 0 Å². The number of rotatable bonds is 2.